The molecule has 0 bridgehead atoms. The fourth-order valence-electron chi connectivity index (χ4n) is 2.51. The van der Waals surface area contributed by atoms with Crippen molar-refractivity contribution in [1.29, 1.82) is 0 Å². The molecule has 2 heterocycles. The quantitative estimate of drug-likeness (QED) is 0.714. The van der Waals surface area contributed by atoms with Crippen molar-refractivity contribution in [2.45, 2.75) is 19.1 Å². The molecule has 0 aliphatic heterocycles. The van der Waals surface area contributed by atoms with Gasteiger partial charge in [-0.2, -0.15) is 0 Å². The van der Waals surface area contributed by atoms with Crippen molar-refractivity contribution >= 4 is 17.2 Å². The second-order valence-electron chi connectivity index (χ2n) is 5.55. The van der Waals surface area contributed by atoms with Crippen LogP contribution in [-0.4, -0.2) is 22.5 Å². The number of carbonyl (C=O) groups excluding carboxylic acids is 1. The number of aliphatic hydroxyl groups excluding tert-OH is 1. The fourth-order valence-corrected chi connectivity index (χ4v) is 3.21. The SMILES string of the molecule is O=C(Cc1cccs1)N(Cc1ccccc1)CC(O)c1ccco1. The number of rotatable bonds is 7. The lowest BCUT2D eigenvalue weighted by atomic mass is 10.1. The van der Waals surface area contributed by atoms with Crippen molar-refractivity contribution in [3.05, 3.63) is 82.4 Å². The van der Waals surface area contributed by atoms with E-state index >= 15 is 0 Å². The summed E-state index contributed by atoms with van der Waals surface area (Å²) in [7, 11) is 0. The van der Waals surface area contributed by atoms with Gasteiger partial charge in [-0.3, -0.25) is 4.79 Å². The first-order valence-corrected chi connectivity index (χ1v) is 8.66. The maximum Gasteiger partial charge on any atom is 0.228 e. The highest BCUT2D eigenvalue weighted by Gasteiger charge is 2.21. The Morgan fingerprint density at radius 1 is 1.12 bits per heavy atom. The molecule has 2 aromatic heterocycles. The van der Waals surface area contributed by atoms with Gasteiger partial charge in [0.15, 0.2) is 0 Å². The summed E-state index contributed by atoms with van der Waals surface area (Å²) in [5.74, 6) is 0.462. The highest BCUT2D eigenvalue weighted by Crippen LogP contribution is 2.18. The van der Waals surface area contributed by atoms with Gasteiger partial charge in [0.25, 0.3) is 0 Å². The number of nitrogens with zero attached hydrogens (tertiary/aromatic N) is 1. The molecule has 1 N–H and O–H groups in total. The average molecular weight is 341 g/mol. The Morgan fingerprint density at radius 3 is 2.62 bits per heavy atom. The van der Waals surface area contributed by atoms with Gasteiger partial charge in [0.05, 0.1) is 19.2 Å². The molecule has 3 rings (SSSR count). The Morgan fingerprint density at radius 2 is 1.96 bits per heavy atom. The standard InChI is InChI=1S/C19H19NO3S/c21-17(18-9-4-10-23-18)14-20(13-15-6-2-1-3-7-15)19(22)12-16-8-5-11-24-16/h1-11,17,21H,12-14H2. The summed E-state index contributed by atoms with van der Waals surface area (Å²) in [4.78, 5) is 15.4. The minimum absolute atomic E-state index is 0.00749. The van der Waals surface area contributed by atoms with E-state index in [1.165, 1.54) is 6.26 Å². The predicted molar refractivity (Wildman–Crippen MR) is 93.5 cm³/mol. The van der Waals surface area contributed by atoms with Crippen molar-refractivity contribution in [2.75, 3.05) is 6.54 Å². The molecule has 0 fully saturated rings. The number of hydrogen-bond donors (Lipinski definition) is 1. The highest BCUT2D eigenvalue weighted by atomic mass is 32.1. The van der Waals surface area contributed by atoms with Gasteiger partial charge in [-0.1, -0.05) is 36.4 Å². The van der Waals surface area contributed by atoms with Crippen molar-refractivity contribution in [3.8, 4) is 0 Å². The first-order chi connectivity index (χ1) is 11.7. The van der Waals surface area contributed by atoms with Crippen molar-refractivity contribution in [3.63, 3.8) is 0 Å². The van der Waals surface area contributed by atoms with E-state index in [2.05, 4.69) is 0 Å². The number of furan rings is 1. The van der Waals surface area contributed by atoms with Gasteiger partial charge in [0.1, 0.15) is 11.9 Å². The Balaban J connectivity index is 1.73. The molecular formula is C19H19NO3S. The van der Waals surface area contributed by atoms with Gasteiger partial charge in [-0.05, 0) is 29.1 Å². The molecule has 1 aromatic carbocycles. The number of hydrogen-bond acceptors (Lipinski definition) is 4. The number of carbonyl (C=O) groups is 1. The van der Waals surface area contributed by atoms with Crippen LogP contribution >= 0.6 is 11.3 Å². The van der Waals surface area contributed by atoms with Gasteiger partial charge in [-0.25, -0.2) is 0 Å². The minimum Gasteiger partial charge on any atom is -0.467 e. The number of aliphatic hydroxyl groups is 1. The summed E-state index contributed by atoms with van der Waals surface area (Å²) in [5.41, 5.74) is 1.03. The summed E-state index contributed by atoms with van der Waals surface area (Å²) in [6, 6.07) is 17.1. The van der Waals surface area contributed by atoms with Crippen LogP contribution in [0.15, 0.2) is 70.7 Å². The Kier molecular flexibility index (Phi) is 5.46. The van der Waals surface area contributed by atoms with Crippen LogP contribution in [0, 0.1) is 0 Å². The molecule has 3 aromatic rings. The van der Waals surface area contributed by atoms with E-state index in [4.69, 9.17) is 4.42 Å². The third-order valence-electron chi connectivity index (χ3n) is 3.74. The summed E-state index contributed by atoms with van der Waals surface area (Å²) in [6.07, 6.45) is 1.03. The van der Waals surface area contributed by atoms with E-state index < -0.39 is 6.10 Å². The van der Waals surface area contributed by atoms with E-state index in [9.17, 15) is 9.90 Å². The average Bonchev–Trinajstić information content (AvgIpc) is 3.29. The van der Waals surface area contributed by atoms with Crippen molar-refractivity contribution < 1.29 is 14.3 Å². The summed E-state index contributed by atoms with van der Waals surface area (Å²) >= 11 is 1.56. The topological polar surface area (TPSA) is 53.7 Å². The Hall–Kier alpha value is -2.37. The van der Waals surface area contributed by atoms with E-state index in [0.29, 0.717) is 18.7 Å². The number of thiophene rings is 1. The van der Waals surface area contributed by atoms with Crippen LogP contribution in [0.2, 0.25) is 0 Å². The molecule has 1 unspecified atom stereocenters. The summed E-state index contributed by atoms with van der Waals surface area (Å²) in [5, 5.41) is 12.3. The monoisotopic (exact) mass is 341 g/mol. The van der Waals surface area contributed by atoms with Gasteiger partial charge >= 0.3 is 0 Å². The molecular weight excluding hydrogens is 322 g/mol. The van der Waals surface area contributed by atoms with Gasteiger partial charge < -0.3 is 14.4 Å². The number of amides is 1. The summed E-state index contributed by atoms with van der Waals surface area (Å²) in [6.45, 7) is 0.662. The lowest BCUT2D eigenvalue weighted by Gasteiger charge is -2.25. The molecule has 5 heteroatoms. The van der Waals surface area contributed by atoms with Crippen molar-refractivity contribution in [2.24, 2.45) is 0 Å². The third kappa shape index (κ3) is 4.34. The molecule has 4 nitrogen and oxygen atoms in total. The summed E-state index contributed by atoms with van der Waals surface area (Å²) < 4.78 is 5.25. The zero-order valence-corrected chi connectivity index (χ0v) is 14.0. The van der Waals surface area contributed by atoms with Crippen LogP contribution in [0.4, 0.5) is 0 Å². The zero-order valence-electron chi connectivity index (χ0n) is 13.2. The van der Waals surface area contributed by atoms with E-state index in [-0.39, 0.29) is 12.5 Å². The Bertz CT molecular complexity index is 738. The first kappa shape index (κ1) is 16.5. The Labute approximate surface area is 145 Å². The van der Waals surface area contributed by atoms with Crippen molar-refractivity contribution in [1.82, 2.24) is 4.90 Å². The maximum atomic E-state index is 12.7. The maximum absolute atomic E-state index is 12.7. The van der Waals surface area contributed by atoms with Crippen LogP contribution in [0.3, 0.4) is 0 Å². The molecule has 0 aliphatic carbocycles. The first-order valence-electron chi connectivity index (χ1n) is 7.78. The molecule has 0 saturated heterocycles. The largest absolute Gasteiger partial charge is 0.467 e. The second-order valence-corrected chi connectivity index (χ2v) is 6.58. The number of benzene rings is 1. The molecule has 124 valence electrons. The fraction of sp³-hybridized carbons (Fsp3) is 0.211. The normalized spacial score (nSPS) is 12.0. The van der Waals surface area contributed by atoms with E-state index in [1.54, 1.807) is 28.4 Å². The van der Waals surface area contributed by atoms with Crippen LogP contribution < -0.4 is 0 Å². The lowest BCUT2D eigenvalue weighted by Crippen LogP contribution is -2.35. The zero-order chi connectivity index (χ0) is 16.8. The van der Waals surface area contributed by atoms with E-state index in [1.807, 2.05) is 47.8 Å². The molecule has 0 aliphatic rings. The molecule has 24 heavy (non-hydrogen) atoms. The van der Waals surface area contributed by atoms with Crippen LogP contribution in [0.5, 0.6) is 0 Å². The molecule has 1 atom stereocenters. The van der Waals surface area contributed by atoms with Crippen LogP contribution in [0.25, 0.3) is 0 Å². The predicted octanol–water partition coefficient (Wildman–Crippen LogP) is 3.65. The highest BCUT2D eigenvalue weighted by molar-refractivity contribution is 7.10. The molecule has 1 amide bonds. The van der Waals surface area contributed by atoms with Gasteiger partial charge in [-0.15, -0.1) is 11.3 Å². The third-order valence-corrected chi connectivity index (χ3v) is 4.62. The smallest absolute Gasteiger partial charge is 0.228 e. The van der Waals surface area contributed by atoms with Crippen LogP contribution in [-0.2, 0) is 17.8 Å². The molecule has 0 saturated carbocycles. The lowest BCUT2D eigenvalue weighted by molar-refractivity contribution is -0.132. The minimum atomic E-state index is -0.837. The van der Waals surface area contributed by atoms with E-state index in [0.717, 1.165) is 10.4 Å². The van der Waals surface area contributed by atoms with Gasteiger partial charge in [0.2, 0.25) is 5.91 Å². The second kappa shape index (κ2) is 7.95. The molecule has 0 spiro atoms. The molecule has 0 radical (unpaired) electrons. The van der Waals surface area contributed by atoms with Gasteiger partial charge in [0, 0.05) is 11.4 Å². The van der Waals surface area contributed by atoms with Crippen LogP contribution in [0.1, 0.15) is 22.3 Å².